The molecule has 0 amide bonds. The van der Waals surface area contributed by atoms with Gasteiger partial charge in [0.1, 0.15) is 11.6 Å². The van der Waals surface area contributed by atoms with Gasteiger partial charge >= 0.3 is 0 Å². The number of ether oxygens (including phenoxy) is 1. The molecule has 0 bridgehead atoms. The van der Waals surface area contributed by atoms with E-state index >= 15 is 0 Å². The number of nitrogens with zero attached hydrogens (tertiary/aromatic N) is 1. The molecular weight excluding hydrogens is 224 g/mol. The van der Waals surface area contributed by atoms with Crippen LogP contribution in [0, 0.1) is 6.92 Å². The molecule has 1 aromatic carbocycles. The van der Waals surface area contributed by atoms with Crippen LogP contribution < -0.4 is 10.5 Å². The van der Waals surface area contributed by atoms with E-state index in [0.29, 0.717) is 5.84 Å². The number of nitrogens with two attached hydrogens (primary N) is 1. The molecule has 3 nitrogen and oxygen atoms in total. The first-order valence-corrected chi connectivity index (χ1v) is 5.72. The van der Waals surface area contributed by atoms with E-state index in [1.807, 2.05) is 39.0 Å². The van der Waals surface area contributed by atoms with E-state index in [4.69, 9.17) is 22.1 Å². The molecule has 0 saturated heterocycles. The Morgan fingerprint density at radius 2 is 2.19 bits per heavy atom. The molecule has 0 spiro atoms. The smallest absolute Gasteiger partial charge is 0.121 e. The summed E-state index contributed by atoms with van der Waals surface area (Å²) in [6.45, 7) is 5.94. The molecule has 0 aliphatic rings. The van der Waals surface area contributed by atoms with E-state index in [0.717, 1.165) is 17.0 Å². The second kappa shape index (κ2) is 5.75. The summed E-state index contributed by atoms with van der Waals surface area (Å²) in [6, 6.07) is 5.75. The Hall–Kier alpha value is -1.22. The van der Waals surface area contributed by atoms with Crippen LogP contribution in [0.2, 0.25) is 0 Å². The van der Waals surface area contributed by atoms with Crippen LogP contribution in [0.1, 0.15) is 19.4 Å². The quantitative estimate of drug-likeness (QED) is 0.500. The van der Waals surface area contributed by atoms with E-state index in [9.17, 15) is 0 Å². The van der Waals surface area contributed by atoms with Gasteiger partial charge < -0.3 is 10.5 Å². The molecule has 0 aliphatic heterocycles. The first kappa shape index (κ1) is 12.8. The molecule has 0 fully saturated rings. The molecule has 0 radical (unpaired) electrons. The van der Waals surface area contributed by atoms with Crippen molar-refractivity contribution < 1.29 is 4.74 Å². The Balaban J connectivity index is 2.99. The molecule has 0 heterocycles. The first-order valence-electron chi connectivity index (χ1n) is 5.19. The van der Waals surface area contributed by atoms with Crippen molar-refractivity contribution in [1.82, 2.24) is 0 Å². The lowest BCUT2D eigenvalue weighted by molar-refractivity contribution is 0.242. The van der Waals surface area contributed by atoms with E-state index in [-0.39, 0.29) is 12.0 Å². The Labute approximate surface area is 101 Å². The number of rotatable bonds is 4. The Kier molecular flexibility index (Phi) is 4.62. The highest BCUT2D eigenvalue weighted by molar-refractivity contribution is 6.28. The van der Waals surface area contributed by atoms with Gasteiger partial charge in [0.05, 0.1) is 17.7 Å². The number of benzene rings is 1. The summed E-state index contributed by atoms with van der Waals surface area (Å²) >= 11 is 5.59. The minimum Gasteiger partial charge on any atom is -0.491 e. The third-order valence-electron chi connectivity index (χ3n) is 1.95. The highest BCUT2D eigenvalue weighted by Crippen LogP contribution is 2.25. The summed E-state index contributed by atoms with van der Waals surface area (Å²) in [5.74, 6) is 1.43. The fourth-order valence-corrected chi connectivity index (χ4v) is 1.30. The van der Waals surface area contributed by atoms with Crippen molar-refractivity contribution in [3.63, 3.8) is 0 Å². The van der Waals surface area contributed by atoms with Crippen LogP contribution >= 0.6 is 11.6 Å². The SMILES string of the molecule is Cc1ccc(OC(C)C)cc1N=C(N)CCl. The average molecular weight is 241 g/mol. The van der Waals surface area contributed by atoms with Crippen LogP contribution in [0.5, 0.6) is 5.75 Å². The van der Waals surface area contributed by atoms with Gasteiger partial charge in [0, 0.05) is 6.07 Å². The van der Waals surface area contributed by atoms with Crippen molar-refractivity contribution in [2.45, 2.75) is 26.9 Å². The molecule has 0 unspecified atom stereocenters. The molecule has 0 saturated carbocycles. The summed E-state index contributed by atoms with van der Waals surface area (Å²) in [5, 5.41) is 0. The van der Waals surface area contributed by atoms with Gasteiger partial charge in [0.15, 0.2) is 0 Å². The van der Waals surface area contributed by atoms with Crippen molar-refractivity contribution >= 4 is 23.1 Å². The fourth-order valence-electron chi connectivity index (χ4n) is 1.24. The summed E-state index contributed by atoms with van der Waals surface area (Å²) in [4.78, 5) is 4.23. The molecule has 1 rings (SSSR count). The second-order valence-electron chi connectivity index (χ2n) is 3.85. The number of amidine groups is 1. The molecule has 88 valence electrons. The van der Waals surface area contributed by atoms with Crippen LogP contribution in [-0.4, -0.2) is 17.8 Å². The van der Waals surface area contributed by atoms with Gasteiger partial charge in [-0.1, -0.05) is 6.07 Å². The normalized spacial score (nSPS) is 11.9. The van der Waals surface area contributed by atoms with Crippen molar-refractivity contribution in [3.05, 3.63) is 23.8 Å². The molecule has 16 heavy (non-hydrogen) atoms. The average Bonchev–Trinajstić information content (AvgIpc) is 2.22. The monoisotopic (exact) mass is 240 g/mol. The summed E-state index contributed by atoms with van der Waals surface area (Å²) in [5.41, 5.74) is 7.45. The van der Waals surface area contributed by atoms with Gasteiger partial charge in [-0.2, -0.15) is 0 Å². The molecule has 2 N–H and O–H groups in total. The van der Waals surface area contributed by atoms with Crippen molar-refractivity contribution in [2.75, 3.05) is 5.88 Å². The Morgan fingerprint density at radius 3 is 2.75 bits per heavy atom. The molecule has 0 aliphatic carbocycles. The molecular formula is C12H17ClN2O. The third-order valence-corrected chi connectivity index (χ3v) is 2.23. The largest absolute Gasteiger partial charge is 0.491 e. The second-order valence-corrected chi connectivity index (χ2v) is 4.12. The maximum Gasteiger partial charge on any atom is 0.121 e. The Bertz CT molecular complexity index is 389. The van der Waals surface area contributed by atoms with Gasteiger partial charge in [-0.25, -0.2) is 4.99 Å². The van der Waals surface area contributed by atoms with Gasteiger partial charge in [-0.3, -0.25) is 0 Å². The van der Waals surface area contributed by atoms with Crippen LogP contribution in [0.3, 0.4) is 0 Å². The van der Waals surface area contributed by atoms with E-state index < -0.39 is 0 Å². The maximum atomic E-state index is 5.60. The molecule has 0 aromatic heterocycles. The number of hydrogen-bond donors (Lipinski definition) is 1. The van der Waals surface area contributed by atoms with Crippen molar-refractivity contribution in [1.29, 1.82) is 0 Å². The minimum absolute atomic E-state index is 0.143. The zero-order valence-electron chi connectivity index (χ0n) is 9.83. The lowest BCUT2D eigenvalue weighted by atomic mass is 10.2. The summed E-state index contributed by atoms with van der Waals surface area (Å²) < 4.78 is 5.58. The van der Waals surface area contributed by atoms with Gasteiger partial charge in [0.2, 0.25) is 0 Å². The number of aliphatic imine (C=N–C) groups is 1. The van der Waals surface area contributed by atoms with Crippen molar-refractivity contribution in [3.8, 4) is 5.75 Å². The lowest BCUT2D eigenvalue weighted by Crippen LogP contribution is -2.12. The van der Waals surface area contributed by atoms with Crippen LogP contribution in [-0.2, 0) is 0 Å². The predicted octanol–water partition coefficient (Wildman–Crippen LogP) is 3.01. The third kappa shape index (κ3) is 3.74. The minimum atomic E-state index is 0.143. The zero-order chi connectivity index (χ0) is 12.1. The van der Waals surface area contributed by atoms with Gasteiger partial charge in [0.25, 0.3) is 0 Å². The predicted molar refractivity (Wildman–Crippen MR) is 68.9 cm³/mol. The maximum absolute atomic E-state index is 5.60. The zero-order valence-corrected chi connectivity index (χ0v) is 10.6. The number of aryl methyl sites for hydroxylation is 1. The van der Waals surface area contributed by atoms with Crippen LogP contribution in [0.15, 0.2) is 23.2 Å². The van der Waals surface area contributed by atoms with E-state index in [1.165, 1.54) is 0 Å². The van der Waals surface area contributed by atoms with Gasteiger partial charge in [-0.15, -0.1) is 11.6 Å². The topological polar surface area (TPSA) is 47.6 Å². The van der Waals surface area contributed by atoms with Crippen LogP contribution in [0.4, 0.5) is 5.69 Å². The standard InChI is InChI=1S/C12H17ClN2O/c1-8(2)16-10-5-4-9(3)11(6-10)15-12(14)7-13/h4-6,8H,7H2,1-3H3,(H2,14,15). The van der Waals surface area contributed by atoms with Crippen LogP contribution in [0.25, 0.3) is 0 Å². The fraction of sp³-hybridized carbons (Fsp3) is 0.417. The lowest BCUT2D eigenvalue weighted by Gasteiger charge is -2.11. The molecule has 0 atom stereocenters. The summed E-state index contributed by atoms with van der Waals surface area (Å²) in [7, 11) is 0. The van der Waals surface area contributed by atoms with Crippen molar-refractivity contribution in [2.24, 2.45) is 10.7 Å². The molecule has 1 aromatic rings. The molecule has 4 heteroatoms. The number of halogens is 1. The highest BCUT2D eigenvalue weighted by Gasteiger charge is 2.02. The highest BCUT2D eigenvalue weighted by atomic mass is 35.5. The van der Waals surface area contributed by atoms with E-state index in [1.54, 1.807) is 0 Å². The number of alkyl halides is 1. The number of hydrogen-bond acceptors (Lipinski definition) is 2. The van der Waals surface area contributed by atoms with Gasteiger partial charge in [-0.05, 0) is 32.4 Å². The summed E-state index contributed by atoms with van der Waals surface area (Å²) in [6.07, 6.45) is 0.143. The van der Waals surface area contributed by atoms with E-state index in [2.05, 4.69) is 4.99 Å². The first-order chi connectivity index (χ1) is 7.52. The Morgan fingerprint density at radius 1 is 1.50 bits per heavy atom.